The van der Waals surface area contributed by atoms with Crippen LogP contribution in [0.5, 0.6) is 0 Å². The van der Waals surface area contributed by atoms with Crippen LogP contribution in [0.2, 0.25) is 0 Å². The van der Waals surface area contributed by atoms with Crippen LogP contribution >= 0.6 is 0 Å². The van der Waals surface area contributed by atoms with Crippen molar-refractivity contribution in [3.8, 4) is 0 Å². The molecule has 0 aromatic rings. The molecule has 0 saturated heterocycles. The smallest absolute Gasteiger partial charge is 0.306 e. The summed E-state index contributed by atoms with van der Waals surface area (Å²) >= 11 is 0. The molecule has 0 fully saturated rings. The summed E-state index contributed by atoms with van der Waals surface area (Å²) in [6, 6.07) is 0. The Morgan fingerprint density at radius 2 is 0.506 bits per heavy atom. The molecule has 0 aliphatic rings. The Balaban J connectivity index is 4.15. The van der Waals surface area contributed by atoms with Crippen molar-refractivity contribution in [1.82, 2.24) is 0 Å². The van der Waals surface area contributed by atoms with Crippen molar-refractivity contribution in [3.05, 3.63) is 122 Å². The fourth-order valence-electron chi connectivity index (χ4n) is 8.73. The zero-order chi connectivity index (χ0) is 55.7. The molecule has 0 aliphatic heterocycles. The largest absolute Gasteiger partial charge is 0.462 e. The molecule has 1 unspecified atom stereocenters. The average Bonchev–Trinajstić information content (AvgIpc) is 3.43. The first-order chi connectivity index (χ1) is 38.0. The van der Waals surface area contributed by atoms with E-state index in [1.807, 2.05) is 0 Å². The second kappa shape index (κ2) is 64.3. The molecule has 0 N–H and O–H groups in total. The SMILES string of the molecule is CC/C=C\C/C=C\C/C=C\C/C=C\C/C=C\CCCCCCCCCCCCCCCC(=O)OCC(COC(=O)CCCCCCCCC)OC(=O)CCCCCCCCC/C=C\C/C=C\C/C=C\C/C=C\C/C=C\CC. The van der Waals surface area contributed by atoms with Crippen molar-refractivity contribution in [2.24, 2.45) is 0 Å². The third kappa shape index (κ3) is 62.5. The Kier molecular flexibility index (Phi) is 60.8. The molecular formula is C71H118O6. The summed E-state index contributed by atoms with van der Waals surface area (Å²) in [6.45, 7) is 6.37. The molecule has 1 atom stereocenters. The molecule has 6 heteroatoms. The number of carbonyl (C=O) groups is 3. The molecule has 0 saturated carbocycles. The van der Waals surface area contributed by atoms with Gasteiger partial charge in [-0.3, -0.25) is 14.4 Å². The van der Waals surface area contributed by atoms with Crippen LogP contribution in [-0.4, -0.2) is 37.2 Å². The van der Waals surface area contributed by atoms with E-state index in [0.717, 1.165) is 128 Å². The number of hydrogen-bond donors (Lipinski definition) is 0. The van der Waals surface area contributed by atoms with Crippen LogP contribution in [-0.2, 0) is 28.6 Å². The van der Waals surface area contributed by atoms with Gasteiger partial charge in [0.2, 0.25) is 0 Å². The van der Waals surface area contributed by atoms with E-state index in [1.165, 1.54) is 122 Å². The van der Waals surface area contributed by atoms with Crippen LogP contribution in [0.4, 0.5) is 0 Å². The molecule has 0 bridgehead atoms. The van der Waals surface area contributed by atoms with E-state index in [1.54, 1.807) is 0 Å². The van der Waals surface area contributed by atoms with Crippen LogP contribution in [0.15, 0.2) is 122 Å². The average molecular weight is 1070 g/mol. The van der Waals surface area contributed by atoms with Gasteiger partial charge in [-0.25, -0.2) is 0 Å². The maximum Gasteiger partial charge on any atom is 0.306 e. The summed E-state index contributed by atoms with van der Waals surface area (Å²) in [5.41, 5.74) is 0. The highest BCUT2D eigenvalue weighted by molar-refractivity contribution is 5.71. The van der Waals surface area contributed by atoms with Crippen molar-refractivity contribution in [3.63, 3.8) is 0 Å². The van der Waals surface area contributed by atoms with Crippen LogP contribution in [0.3, 0.4) is 0 Å². The minimum atomic E-state index is -0.785. The number of rotatable bonds is 57. The van der Waals surface area contributed by atoms with Gasteiger partial charge in [-0.15, -0.1) is 0 Å². The highest BCUT2D eigenvalue weighted by Crippen LogP contribution is 2.16. The van der Waals surface area contributed by atoms with Gasteiger partial charge in [0, 0.05) is 19.3 Å². The van der Waals surface area contributed by atoms with E-state index in [4.69, 9.17) is 14.2 Å². The monoisotopic (exact) mass is 1070 g/mol. The highest BCUT2D eigenvalue weighted by Gasteiger charge is 2.19. The number of hydrogen-bond acceptors (Lipinski definition) is 6. The quantitative estimate of drug-likeness (QED) is 0.0261. The molecule has 438 valence electrons. The van der Waals surface area contributed by atoms with E-state index >= 15 is 0 Å². The van der Waals surface area contributed by atoms with Gasteiger partial charge in [0.1, 0.15) is 13.2 Å². The third-order valence-electron chi connectivity index (χ3n) is 13.5. The van der Waals surface area contributed by atoms with Gasteiger partial charge in [0.05, 0.1) is 0 Å². The first-order valence-corrected chi connectivity index (χ1v) is 32.0. The molecule has 0 radical (unpaired) electrons. The molecule has 0 aromatic carbocycles. The van der Waals surface area contributed by atoms with Gasteiger partial charge in [-0.05, 0) is 109 Å². The van der Waals surface area contributed by atoms with E-state index < -0.39 is 6.10 Å². The molecule has 0 heterocycles. The van der Waals surface area contributed by atoms with Gasteiger partial charge >= 0.3 is 17.9 Å². The summed E-state index contributed by atoms with van der Waals surface area (Å²) in [6.07, 6.45) is 89.4. The molecule has 0 amide bonds. The Hall–Kier alpha value is -4.19. The molecule has 0 aliphatic carbocycles. The fraction of sp³-hybridized carbons (Fsp3) is 0.676. The Morgan fingerprint density at radius 1 is 0.273 bits per heavy atom. The van der Waals surface area contributed by atoms with Crippen molar-refractivity contribution >= 4 is 17.9 Å². The standard InChI is InChI=1S/C71H118O6/c1-4-7-10-13-16-18-20-22-24-26-28-30-32-33-34-35-36-37-39-40-42-44-46-48-50-52-55-58-61-64-70(73)76-67-68(66-75-69(72)63-60-57-54-15-12-9-6-3)77-71(74)65-62-59-56-53-51-49-47-45-43-41-38-31-29-27-25-23-21-19-17-14-11-8-5-2/h7-8,10-11,16-19,22-25,28-31,33-34,41,43,68H,4-6,9,12-15,20-21,26-27,32,35-40,42,44-67H2,1-3H3/b10-7-,11-8-,18-16-,19-17-,24-22-,25-23-,30-28-,31-29-,34-33-,43-41-. The molecule has 0 spiro atoms. The molecule has 77 heavy (non-hydrogen) atoms. The summed E-state index contributed by atoms with van der Waals surface area (Å²) in [7, 11) is 0. The van der Waals surface area contributed by atoms with E-state index in [0.29, 0.717) is 19.3 Å². The zero-order valence-electron chi connectivity index (χ0n) is 50.2. The zero-order valence-corrected chi connectivity index (χ0v) is 50.2. The second-order valence-corrected chi connectivity index (χ2v) is 20.9. The minimum Gasteiger partial charge on any atom is -0.462 e. The lowest BCUT2D eigenvalue weighted by atomic mass is 10.0. The lowest BCUT2D eigenvalue weighted by molar-refractivity contribution is -0.167. The van der Waals surface area contributed by atoms with Gasteiger partial charge in [0.25, 0.3) is 0 Å². The number of esters is 3. The first kappa shape index (κ1) is 72.8. The maximum atomic E-state index is 12.9. The molecular weight excluding hydrogens is 949 g/mol. The fourth-order valence-corrected chi connectivity index (χ4v) is 8.73. The molecule has 6 nitrogen and oxygen atoms in total. The lowest BCUT2D eigenvalue weighted by Gasteiger charge is -2.18. The predicted octanol–water partition coefficient (Wildman–Crippen LogP) is 22.0. The van der Waals surface area contributed by atoms with Crippen molar-refractivity contribution in [1.29, 1.82) is 0 Å². The summed E-state index contributed by atoms with van der Waals surface area (Å²) in [5, 5.41) is 0. The summed E-state index contributed by atoms with van der Waals surface area (Å²) < 4.78 is 16.8. The number of ether oxygens (including phenoxy) is 3. The number of allylic oxidation sites excluding steroid dienone is 20. The van der Waals surface area contributed by atoms with Gasteiger partial charge in [-0.1, -0.05) is 284 Å². The van der Waals surface area contributed by atoms with Crippen LogP contribution in [0, 0.1) is 0 Å². The van der Waals surface area contributed by atoms with E-state index in [9.17, 15) is 14.4 Å². The van der Waals surface area contributed by atoms with Crippen LogP contribution in [0.25, 0.3) is 0 Å². The lowest BCUT2D eigenvalue weighted by Crippen LogP contribution is -2.30. The maximum absolute atomic E-state index is 12.9. The van der Waals surface area contributed by atoms with Crippen molar-refractivity contribution in [2.75, 3.05) is 13.2 Å². The second-order valence-electron chi connectivity index (χ2n) is 20.9. The summed E-state index contributed by atoms with van der Waals surface area (Å²) in [4.78, 5) is 38.1. The third-order valence-corrected chi connectivity index (χ3v) is 13.5. The van der Waals surface area contributed by atoms with Crippen LogP contribution < -0.4 is 0 Å². The molecule has 0 rings (SSSR count). The normalized spacial score (nSPS) is 12.9. The number of carbonyl (C=O) groups excluding carboxylic acids is 3. The summed E-state index contributed by atoms with van der Waals surface area (Å²) in [5.74, 6) is -0.898. The van der Waals surface area contributed by atoms with Crippen molar-refractivity contribution < 1.29 is 28.6 Å². The van der Waals surface area contributed by atoms with Crippen LogP contribution in [0.1, 0.15) is 290 Å². The predicted molar refractivity (Wildman–Crippen MR) is 334 cm³/mol. The molecule has 0 aromatic heterocycles. The van der Waals surface area contributed by atoms with Gasteiger partial charge in [0.15, 0.2) is 6.10 Å². The van der Waals surface area contributed by atoms with Gasteiger partial charge in [-0.2, -0.15) is 0 Å². The van der Waals surface area contributed by atoms with Gasteiger partial charge < -0.3 is 14.2 Å². The Labute approximate surface area is 475 Å². The number of unbranched alkanes of at least 4 members (excludes halogenated alkanes) is 26. The topological polar surface area (TPSA) is 78.9 Å². The van der Waals surface area contributed by atoms with E-state index in [-0.39, 0.29) is 31.1 Å². The Morgan fingerprint density at radius 3 is 0.792 bits per heavy atom. The van der Waals surface area contributed by atoms with E-state index in [2.05, 4.69) is 142 Å². The minimum absolute atomic E-state index is 0.0829. The first-order valence-electron chi connectivity index (χ1n) is 32.0. The van der Waals surface area contributed by atoms with Crippen molar-refractivity contribution in [2.45, 2.75) is 297 Å². The highest BCUT2D eigenvalue weighted by atomic mass is 16.6. The Bertz CT molecular complexity index is 1600.